The Morgan fingerprint density at radius 1 is 1.20 bits per heavy atom. The van der Waals surface area contributed by atoms with Gasteiger partial charge >= 0.3 is 0 Å². The summed E-state index contributed by atoms with van der Waals surface area (Å²) in [7, 11) is 0. The van der Waals surface area contributed by atoms with Crippen LogP contribution in [-0.4, -0.2) is 56.0 Å². The lowest BCUT2D eigenvalue weighted by atomic mass is 9.98. The number of carbonyl (C=O) groups is 2. The molecule has 2 atom stereocenters. The van der Waals surface area contributed by atoms with E-state index in [9.17, 15) is 14.4 Å². The minimum absolute atomic E-state index is 0.000455. The first-order valence-electron chi connectivity index (χ1n) is 12.4. The SMILES string of the molecule is CC(=O)N[C@H]1CCN(C(=O)Cn2c(CCn3ccccc3=O)nc3c4c(ccc32)N[C@@H](C)CC4)C1. The number of hydrogen-bond donors (Lipinski definition) is 2. The Balaban J connectivity index is 1.45. The maximum atomic E-state index is 13.3. The molecule has 1 saturated heterocycles. The molecule has 2 N–H and O–H groups in total. The summed E-state index contributed by atoms with van der Waals surface area (Å²) in [6.07, 6.45) is 5.05. The molecular formula is C26H32N6O3. The summed E-state index contributed by atoms with van der Waals surface area (Å²) in [4.78, 5) is 43.8. The van der Waals surface area contributed by atoms with Gasteiger partial charge in [0, 0.05) is 68.6 Å². The molecule has 35 heavy (non-hydrogen) atoms. The first kappa shape index (κ1) is 23.1. The van der Waals surface area contributed by atoms with Gasteiger partial charge in [-0.05, 0) is 44.4 Å². The monoisotopic (exact) mass is 476 g/mol. The Morgan fingerprint density at radius 2 is 2.06 bits per heavy atom. The van der Waals surface area contributed by atoms with Gasteiger partial charge in [0.05, 0.1) is 11.0 Å². The van der Waals surface area contributed by atoms with Gasteiger partial charge in [0.2, 0.25) is 11.8 Å². The third kappa shape index (κ3) is 4.80. The first-order valence-corrected chi connectivity index (χ1v) is 12.4. The van der Waals surface area contributed by atoms with Crippen molar-refractivity contribution in [1.29, 1.82) is 0 Å². The van der Waals surface area contributed by atoms with Gasteiger partial charge in [0.15, 0.2) is 0 Å². The molecule has 2 aliphatic rings. The average Bonchev–Trinajstić information content (AvgIpc) is 3.42. The van der Waals surface area contributed by atoms with Gasteiger partial charge in [-0.3, -0.25) is 14.4 Å². The molecule has 4 heterocycles. The number of fused-ring (bicyclic) bond motifs is 3. The zero-order valence-electron chi connectivity index (χ0n) is 20.3. The van der Waals surface area contributed by atoms with Crippen LogP contribution in [0.5, 0.6) is 0 Å². The van der Waals surface area contributed by atoms with E-state index in [-0.39, 0.29) is 30.0 Å². The molecule has 0 aliphatic carbocycles. The first-order chi connectivity index (χ1) is 16.9. The summed E-state index contributed by atoms with van der Waals surface area (Å²) >= 11 is 0. The highest BCUT2D eigenvalue weighted by molar-refractivity contribution is 5.87. The lowest BCUT2D eigenvalue weighted by molar-refractivity contribution is -0.131. The third-order valence-electron chi connectivity index (χ3n) is 7.05. The van der Waals surface area contributed by atoms with Crippen molar-refractivity contribution in [2.75, 3.05) is 18.4 Å². The molecule has 0 bridgehead atoms. The summed E-state index contributed by atoms with van der Waals surface area (Å²) in [5.74, 6) is 0.740. The second kappa shape index (κ2) is 9.56. The minimum atomic E-state index is -0.0731. The molecule has 0 saturated carbocycles. The largest absolute Gasteiger partial charge is 0.382 e. The maximum Gasteiger partial charge on any atom is 0.250 e. The molecule has 5 rings (SSSR count). The van der Waals surface area contributed by atoms with Crippen molar-refractivity contribution >= 4 is 28.5 Å². The molecule has 0 radical (unpaired) electrons. The summed E-state index contributed by atoms with van der Waals surface area (Å²) in [5.41, 5.74) is 4.12. The number of nitrogens with zero attached hydrogens (tertiary/aromatic N) is 4. The van der Waals surface area contributed by atoms with Crippen LogP contribution in [0.4, 0.5) is 5.69 Å². The van der Waals surface area contributed by atoms with Crippen LogP contribution in [0.1, 0.15) is 38.1 Å². The van der Waals surface area contributed by atoms with Crippen molar-refractivity contribution in [1.82, 2.24) is 24.3 Å². The van der Waals surface area contributed by atoms with Gasteiger partial charge in [0.1, 0.15) is 12.4 Å². The number of rotatable bonds is 6. The number of aryl methyl sites for hydroxylation is 3. The van der Waals surface area contributed by atoms with Crippen LogP contribution in [0, 0.1) is 0 Å². The maximum absolute atomic E-state index is 13.3. The van der Waals surface area contributed by atoms with E-state index in [0.717, 1.165) is 41.8 Å². The predicted molar refractivity (Wildman–Crippen MR) is 134 cm³/mol. The summed E-state index contributed by atoms with van der Waals surface area (Å²) < 4.78 is 3.68. The molecule has 2 amide bonds. The molecule has 9 nitrogen and oxygen atoms in total. The fourth-order valence-electron chi connectivity index (χ4n) is 5.24. The van der Waals surface area contributed by atoms with E-state index in [1.54, 1.807) is 22.9 Å². The zero-order valence-corrected chi connectivity index (χ0v) is 20.3. The molecule has 1 aromatic carbocycles. The quantitative estimate of drug-likeness (QED) is 0.566. The predicted octanol–water partition coefficient (Wildman–Crippen LogP) is 1.92. The van der Waals surface area contributed by atoms with Crippen LogP contribution in [-0.2, 0) is 35.5 Å². The molecule has 3 aromatic rings. The van der Waals surface area contributed by atoms with E-state index in [1.165, 1.54) is 12.5 Å². The lowest BCUT2D eigenvalue weighted by Crippen LogP contribution is -2.38. The summed E-state index contributed by atoms with van der Waals surface area (Å²) in [5, 5.41) is 6.46. The normalized spacial score (nSPS) is 19.4. The Labute approximate surface area is 204 Å². The molecule has 2 aliphatic heterocycles. The number of benzene rings is 1. The fraction of sp³-hybridized carbons (Fsp3) is 0.462. The highest BCUT2D eigenvalue weighted by Crippen LogP contribution is 2.32. The number of hydrogen-bond acceptors (Lipinski definition) is 5. The highest BCUT2D eigenvalue weighted by atomic mass is 16.2. The van der Waals surface area contributed by atoms with Crippen molar-refractivity contribution in [2.45, 2.75) is 64.7 Å². The number of anilines is 1. The Bertz CT molecular complexity index is 1330. The highest BCUT2D eigenvalue weighted by Gasteiger charge is 2.28. The Kier molecular flexibility index (Phi) is 6.32. The van der Waals surface area contributed by atoms with E-state index < -0.39 is 0 Å². The minimum Gasteiger partial charge on any atom is -0.382 e. The second-order valence-corrected chi connectivity index (χ2v) is 9.67. The van der Waals surface area contributed by atoms with Crippen LogP contribution < -0.4 is 16.2 Å². The number of likely N-dealkylation sites (tertiary alicyclic amines) is 1. The molecule has 0 unspecified atom stereocenters. The van der Waals surface area contributed by atoms with Gasteiger partial charge in [-0.15, -0.1) is 0 Å². The van der Waals surface area contributed by atoms with Crippen LogP contribution >= 0.6 is 0 Å². The molecule has 9 heteroatoms. The topological polar surface area (TPSA) is 101 Å². The molecular weight excluding hydrogens is 444 g/mol. The van der Waals surface area contributed by atoms with E-state index >= 15 is 0 Å². The number of carbonyl (C=O) groups excluding carboxylic acids is 2. The smallest absolute Gasteiger partial charge is 0.250 e. The standard InChI is InChI=1S/C26H32N6O3/c1-17-6-7-20-21(27-17)8-9-22-26(20)29-23(11-14-30-12-4-3-5-24(30)34)32(22)16-25(35)31-13-10-19(15-31)28-18(2)33/h3-5,8-9,12,17,19,27H,6-7,10-11,13-16H2,1-2H3,(H,28,33)/t17-,19-/m0/s1. The van der Waals surface area contributed by atoms with E-state index in [2.05, 4.69) is 23.6 Å². The van der Waals surface area contributed by atoms with Crippen molar-refractivity contribution in [2.24, 2.45) is 0 Å². The Morgan fingerprint density at radius 3 is 2.86 bits per heavy atom. The number of nitrogens with one attached hydrogen (secondary N) is 2. The van der Waals surface area contributed by atoms with Gasteiger partial charge in [-0.25, -0.2) is 4.98 Å². The van der Waals surface area contributed by atoms with Crippen LogP contribution in [0.15, 0.2) is 41.3 Å². The molecule has 0 spiro atoms. The van der Waals surface area contributed by atoms with E-state index in [0.29, 0.717) is 32.1 Å². The number of imidazole rings is 1. The number of aromatic nitrogens is 3. The van der Waals surface area contributed by atoms with Gasteiger partial charge in [-0.1, -0.05) is 6.07 Å². The Hall–Kier alpha value is -3.62. The summed E-state index contributed by atoms with van der Waals surface area (Å²) in [6, 6.07) is 9.67. The van der Waals surface area contributed by atoms with Gasteiger partial charge < -0.3 is 24.7 Å². The van der Waals surface area contributed by atoms with Gasteiger partial charge in [0.25, 0.3) is 5.56 Å². The van der Waals surface area contributed by atoms with E-state index in [1.807, 2.05) is 21.6 Å². The lowest BCUT2D eigenvalue weighted by Gasteiger charge is -2.24. The van der Waals surface area contributed by atoms with Crippen molar-refractivity contribution < 1.29 is 9.59 Å². The van der Waals surface area contributed by atoms with Crippen LogP contribution in [0.2, 0.25) is 0 Å². The van der Waals surface area contributed by atoms with Crippen molar-refractivity contribution in [3.63, 3.8) is 0 Å². The molecule has 1 fully saturated rings. The third-order valence-corrected chi connectivity index (χ3v) is 7.05. The average molecular weight is 477 g/mol. The number of pyridine rings is 1. The zero-order chi connectivity index (χ0) is 24.5. The van der Waals surface area contributed by atoms with Crippen molar-refractivity contribution in [3.05, 3.63) is 58.3 Å². The molecule has 2 aromatic heterocycles. The fourth-order valence-corrected chi connectivity index (χ4v) is 5.24. The van der Waals surface area contributed by atoms with Crippen LogP contribution in [0.25, 0.3) is 11.0 Å². The van der Waals surface area contributed by atoms with E-state index in [4.69, 9.17) is 4.98 Å². The van der Waals surface area contributed by atoms with Crippen molar-refractivity contribution in [3.8, 4) is 0 Å². The second-order valence-electron chi connectivity index (χ2n) is 9.67. The summed E-state index contributed by atoms with van der Waals surface area (Å²) in [6.45, 7) is 5.51. The number of amides is 2. The molecule has 184 valence electrons. The van der Waals surface area contributed by atoms with Crippen LogP contribution in [0.3, 0.4) is 0 Å². The van der Waals surface area contributed by atoms with Gasteiger partial charge in [-0.2, -0.15) is 0 Å².